The largest absolute Gasteiger partial charge is 0.465 e. The number of thiazole rings is 1. The Morgan fingerprint density at radius 2 is 2.15 bits per heavy atom. The molecule has 0 spiro atoms. The van der Waals surface area contributed by atoms with E-state index in [1.165, 1.54) is 7.11 Å². The summed E-state index contributed by atoms with van der Waals surface area (Å²) in [6.45, 7) is 4.73. The minimum absolute atomic E-state index is 0.239. The van der Waals surface area contributed by atoms with Gasteiger partial charge in [-0.25, -0.2) is 9.78 Å². The number of aromatic nitrogens is 1. The molecule has 0 aliphatic rings. The molecule has 5 heteroatoms. The van der Waals surface area contributed by atoms with Gasteiger partial charge >= 0.3 is 5.97 Å². The summed E-state index contributed by atoms with van der Waals surface area (Å²) in [5, 5.41) is 6.42. The number of benzene rings is 1. The summed E-state index contributed by atoms with van der Waals surface area (Å²) in [5.74, 6) is -0.311. The van der Waals surface area contributed by atoms with Gasteiger partial charge in [0, 0.05) is 18.1 Å². The van der Waals surface area contributed by atoms with E-state index in [4.69, 9.17) is 4.74 Å². The number of rotatable bonds is 5. The maximum Gasteiger partial charge on any atom is 0.338 e. The number of hydrogen-bond donors (Lipinski definition) is 1. The van der Waals surface area contributed by atoms with Crippen molar-refractivity contribution >= 4 is 17.3 Å². The number of esters is 1. The van der Waals surface area contributed by atoms with Crippen molar-refractivity contribution in [1.82, 2.24) is 10.3 Å². The number of nitrogens with zero attached hydrogens (tertiary/aromatic N) is 1. The van der Waals surface area contributed by atoms with Gasteiger partial charge in [-0.1, -0.05) is 18.2 Å². The molecule has 0 fully saturated rings. The Morgan fingerprint density at radius 1 is 1.40 bits per heavy atom. The lowest BCUT2D eigenvalue weighted by Crippen LogP contribution is -2.36. The molecule has 106 valence electrons. The van der Waals surface area contributed by atoms with Gasteiger partial charge in [-0.2, -0.15) is 0 Å². The molecule has 20 heavy (non-hydrogen) atoms. The molecule has 0 aliphatic heterocycles. The molecule has 2 aromatic rings. The summed E-state index contributed by atoms with van der Waals surface area (Å²) in [5.41, 5.74) is 1.28. The minimum atomic E-state index is -0.311. The molecular weight excluding hydrogens is 272 g/mol. The van der Waals surface area contributed by atoms with E-state index in [1.54, 1.807) is 23.6 Å². The van der Waals surface area contributed by atoms with Crippen LogP contribution in [0.2, 0.25) is 0 Å². The number of ether oxygens (including phenoxy) is 1. The molecular formula is C15H18N2O2S. The van der Waals surface area contributed by atoms with E-state index in [0.29, 0.717) is 12.1 Å². The highest BCUT2D eigenvalue weighted by Gasteiger charge is 2.23. The lowest BCUT2D eigenvalue weighted by Gasteiger charge is -2.24. The van der Waals surface area contributed by atoms with Gasteiger partial charge in [0.2, 0.25) is 0 Å². The highest BCUT2D eigenvalue weighted by atomic mass is 32.1. The van der Waals surface area contributed by atoms with Crippen LogP contribution in [0.25, 0.3) is 0 Å². The topological polar surface area (TPSA) is 51.2 Å². The lowest BCUT2D eigenvalue weighted by atomic mass is 10.0. The van der Waals surface area contributed by atoms with Crippen molar-refractivity contribution in [3.63, 3.8) is 0 Å². The normalized spacial score (nSPS) is 11.3. The van der Waals surface area contributed by atoms with Crippen molar-refractivity contribution in [1.29, 1.82) is 0 Å². The van der Waals surface area contributed by atoms with Crippen LogP contribution in [-0.2, 0) is 16.8 Å². The Bertz CT molecular complexity index is 579. The van der Waals surface area contributed by atoms with Gasteiger partial charge < -0.3 is 10.1 Å². The Labute approximate surface area is 122 Å². The monoisotopic (exact) mass is 290 g/mol. The summed E-state index contributed by atoms with van der Waals surface area (Å²) < 4.78 is 4.80. The molecule has 2 rings (SSSR count). The molecule has 1 aromatic carbocycles. The molecule has 1 aromatic heterocycles. The Morgan fingerprint density at radius 3 is 2.80 bits per heavy atom. The standard InChI is InChI=1S/C15H18N2O2S/c1-15(2,14-16-8-9-20-14)17-10-11-6-4-5-7-12(11)13(18)19-3/h4-9,17H,10H2,1-3H3. The summed E-state index contributed by atoms with van der Waals surface area (Å²) in [7, 11) is 1.39. The zero-order valence-corrected chi connectivity index (χ0v) is 12.7. The maximum absolute atomic E-state index is 11.7. The first-order chi connectivity index (χ1) is 9.54. The molecule has 0 unspecified atom stereocenters. The predicted molar refractivity (Wildman–Crippen MR) is 79.8 cm³/mol. The third kappa shape index (κ3) is 3.23. The van der Waals surface area contributed by atoms with Crippen LogP contribution < -0.4 is 5.32 Å². The first-order valence-electron chi connectivity index (χ1n) is 6.36. The minimum Gasteiger partial charge on any atom is -0.465 e. The predicted octanol–water partition coefficient (Wildman–Crippen LogP) is 2.95. The molecule has 0 aliphatic carbocycles. The van der Waals surface area contributed by atoms with Crippen LogP contribution in [0.5, 0.6) is 0 Å². The van der Waals surface area contributed by atoms with Crippen molar-refractivity contribution in [2.75, 3.05) is 7.11 Å². The number of methoxy groups -OCH3 is 1. The van der Waals surface area contributed by atoms with Crippen LogP contribution in [0, 0.1) is 0 Å². The summed E-state index contributed by atoms with van der Waals surface area (Å²) in [4.78, 5) is 16.1. The van der Waals surface area contributed by atoms with Gasteiger partial charge in [-0.3, -0.25) is 0 Å². The van der Waals surface area contributed by atoms with E-state index in [1.807, 2.05) is 23.6 Å². The van der Waals surface area contributed by atoms with Crippen molar-refractivity contribution in [2.45, 2.75) is 25.9 Å². The zero-order chi connectivity index (χ0) is 14.6. The average Bonchev–Trinajstić information content (AvgIpc) is 3.00. The highest BCUT2D eigenvalue weighted by molar-refractivity contribution is 7.09. The zero-order valence-electron chi connectivity index (χ0n) is 11.8. The maximum atomic E-state index is 11.7. The van der Waals surface area contributed by atoms with Gasteiger partial charge in [0.25, 0.3) is 0 Å². The second-order valence-electron chi connectivity index (χ2n) is 4.96. The van der Waals surface area contributed by atoms with Gasteiger partial charge in [0.05, 0.1) is 18.2 Å². The lowest BCUT2D eigenvalue weighted by molar-refractivity contribution is 0.0599. The average molecular weight is 290 g/mol. The van der Waals surface area contributed by atoms with Crippen molar-refractivity contribution in [3.05, 3.63) is 52.0 Å². The van der Waals surface area contributed by atoms with Gasteiger partial charge in [0.15, 0.2) is 0 Å². The molecule has 0 saturated carbocycles. The molecule has 1 N–H and O–H groups in total. The smallest absolute Gasteiger partial charge is 0.338 e. The summed E-state index contributed by atoms with van der Waals surface area (Å²) >= 11 is 1.61. The Kier molecular flexibility index (Phi) is 4.52. The van der Waals surface area contributed by atoms with E-state index >= 15 is 0 Å². The van der Waals surface area contributed by atoms with Crippen molar-refractivity contribution in [2.24, 2.45) is 0 Å². The molecule has 0 bridgehead atoms. The SMILES string of the molecule is COC(=O)c1ccccc1CNC(C)(C)c1nccs1. The van der Waals surface area contributed by atoms with E-state index in [-0.39, 0.29) is 11.5 Å². The Balaban J connectivity index is 2.13. The fraction of sp³-hybridized carbons (Fsp3) is 0.333. The third-order valence-electron chi connectivity index (χ3n) is 3.11. The number of hydrogen-bond acceptors (Lipinski definition) is 5. The molecule has 0 amide bonds. The molecule has 1 heterocycles. The van der Waals surface area contributed by atoms with Crippen LogP contribution in [0.3, 0.4) is 0 Å². The van der Waals surface area contributed by atoms with Crippen LogP contribution >= 0.6 is 11.3 Å². The summed E-state index contributed by atoms with van der Waals surface area (Å²) in [6.07, 6.45) is 1.80. The fourth-order valence-electron chi connectivity index (χ4n) is 1.91. The number of carbonyl (C=O) groups is 1. The molecule has 0 saturated heterocycles. The first-order valence-corrected chi connectivity index (χ1v) is 7.24. The van der Waals surface area contributed by atoms with Crippen LogP contribution in [0.15, 0.2) is 35.8 Å². The Hall–Kier alpha value is -1.72. The van der Waals surface area contributed by atoms with Crippen LogP contribution in [-0.4, -0.2) is 18.1 Å². The van der Waals surface area contributed by atoms with E-state index < -0.39 is 0 Å². The second-order valence-corrected chi connectivity index (χ2v) is 5.86. The highest BCUT2D eigenvalue weighted by Crippen LogP contribution is 2.23. The fourth-order valence-corrected chi connectivity index (χ4v) is 2.65. The number of carbonyl (C=O) groups excluding carboxylic acids is 1. The second kappa shape index (κ2) is 6.15. The van der Waals surface area contributed by atoms with Gasteiger partial charge in [-0.15, -0.1) is 11.3 Å². The quantitative estimate of drug-likeness (QED) is 0.860. The first kappa shape index (κ1) is 14.7. The van der Waals surface area contributed by atoms with Crippen LogP contribution in [0.4, 0.5) is 0 Å². The molecule has 4 nitrogen and oxygen atoms in total. The van der Waals surface area contributed by atoms with Gasteiger partial charge in [-0.05, 0) is 25.5 Å². The van der Waals surface area contributed by atoms with E-state index in [0.717, 1.165) is 10.6 Å². The molecule has 0 atom stereocenters. The third-order valence-corrected chi connectivity index (χ3v) is 4.21. The molecule has 0 radical (unpaired) electrons. The summed E-state index contributed by atoms with van der Waals surface area (Å²) in [6, 6.07) is 7.46. The van der Waals surface area contributed by atoms with Gasteiger partial charge in [0.1, 0.15) is 5.01 Å². The van der Waals surface area contributed by atoms with Crippen molar-refractivity contribution < 1.29 is 9.53 Å². The van der Waals surface area contributed by atoms with Crippen LogP contribution in [0.1, 0.15) is 34.8 Å². The number of nitrogens with one attached hydrogen (secondary N) is 1. The van der Waals surface area contributed by atoms with Crippen molar-refractivity contribution in [3.8, 4) is 0 Å². The van der Waals surface area contributed by atoms with E-state index in [2.05, 4.69) is 24.1 Å². The van der Waals surface area contributed by atoms with E-state index in [9.17, 15) is 4.79 Å².